The van der Waals surface area contributed by atoms with E-state index in [-0.39, 0.29) is 25.1 Å². The number of halogens is 4. The third kappa shape index (κ3) is 5.75. The zero-order valence-corrected chi connectivity index (χ0v) is 15.1. The van der Waals surface area contributed by atoms with Gasteiger partial charge in [-0.2, -0.15) is 0 Å². The molecule has 3 N–H and O–H groups in total. The van der Waals surface area contributed by atoms with E-state index in [1.807, 2.05) is 4.72 Å². The van der Waals surface area contributed by atoms with Gasteiger partial charge < -0.3 is 10.4 Å². The lowest BCUT2D eigenvalue weighted by atomic mass is 10.1. The SMILES string of the molecule is O=C(CCNS(=O)(=O)c1ccc(F)c(F)c1)NCC(O)c1ccc(F)cc1F. The first kappa shape index (κ1) is 21.8. The lowest BCUT2D eigenvalue weighted by Crippen LogP contribution is -2.33. The summed E-state index contributed by atoms with van der Waals surface area (Å²) in [5.74, 6) is -4.97. The zero-order valence-electron chi connectivity index (χ0n) is 14.3. The van der Waals surface area contributed by atoms with Gasteiger partial charge in [0.05, 0.1) is 11.0 Å². The number of benzene rings is 2. The normalized spacial score (nSPS) is 12.6. The van der Waals surface area contributed by atoms with Crippen molar-refractivity contribution in [3.8, 4) is 0 Å². The van der Waals surface area contributed by atoms with Crippen molar-refractivity contribution in [3.63, 3.8) is 0 Å². The van der Waals surface area contributed by atoms with Crippen LogP contribution in [0.25, 0.3) is 0 Å². The second-order valence-corrected chi connectivity index (χ2v) is 7.48. The standard InChI is InChI=1S/C17H16F4N2O4S/c18-10-1-3-12(14(20)7-10)16(24)9-22-17(25)5-6-23-28(26,27)11-2-4-13(19)15(21)8-11/h1-4,7-8,16,23-24H,5-6,9H2,(H,22,25). The highest BCUT2D eigenvalue weighted by atomic mass is 32.2. The second-order valence-electron chi connectivity index (χ2n) is 5.71. The van der Waals surface area contributed by atoms with Crippen LogP contribution in [0.2, 0.25) is 0 Å². The van der Waals surface area contributed by atoms with Gasteiger partial charge in [0, 0.05) is 31.1 Å². The molecule has 0 saturated carbocycles. The van der Waals surface area contributed by atoms with Crippen LogP contribution >= 0.6 is 0 Å². The summed E-state index contributed by atoms with van der Waals surface area (Å²) in [6.07, 6.45) is -1.76. The number of aliphatic hydroxyl groups is 1. The van der Waals surface area contributed by atoms with Crippen LogP contribution in [0.15, 0.2) is 41.3 Å². The molecule has 1 unspecified atom stereocenters. The molecule has 152 valence electrons. The Morgan fingerprint density at radius 2 is 1.71 bits per heavy atom. The molecule has 0 aliphatic heterocycles. The summed E-state index contributed by atoms with van der Waals surface area (Å²) in [4.78, 5) is 11.2. The number of amides is 1. The van der Waals surface area contributed by atoms with Gasteiger partial charge in [0.15, 0.2) is 11.6 Å². The first-order chi connectivity index (χ1) is 13.1. The van der Waals surface area contributed by atoms with Crippen molar-refractivity contribution < 1.29 is 35.9 Å². The van der Waals surface area contributed by atoms with E-state index in [9.17, 15) is 35.9 Å². The fraction of sp³-hybridized carbons (Fsp3) is 0.235. The molecule has 0 aliphatic rings. The molecule has 0 aliphatic carbocycles. The van der Waals surface area contributed by atoms with Crippen molar-refractivity contribution >= 4 is 15.9 Å². The Balaban J connectivity index is 1.82. The van der Waals surface area contributed by atoms with Gasteiger partial charge in [-0.05, 0) is 24.3 Å². The highest BCUT2D eigenvalue weighted by Crippen LogP contribution is 2.17. The summed E-state index contributed by atoms with van der Waals surface area (Å²) in [5.41, 5.74) is -0.208. The molecule has 1 amide bonds. The van der Waals surface area contributed by atoms with Crippen molar-refractivity contribution in [1.29, 1.82) is 0 Å². The Hall–Kier alpha value is -2.50. The fourth-order valence-corrected chi connectivity index (χ4v) is 3.25. The van der Waals surface area contributed by atoms with E-state index in [1.165, 1.54) is 0 Å². The van der Waals surface area contributed by atoms with Gasteiger partial charge in [-0.25, -0.2) is 30.7 Å². The molecule has 0 heterocycles. The highest BCUT2D eigenvalue weighted by Gasteiger charge is 2.18. The minimum Gasteiger partial charge on any atom is -0.386 e. The van der Waals surface area contributed by atoms with Crippen LogP contribution in [0.5, 0.6) is 0 Å². The molecule has 0 saturated heterocycles. The van der Waals surface area contributed by atoms with E-state index >= 15 is 0 Å². The fourth-order valence-electron chi connectivity index (χ4n) is 2.21. The predicted molar refractivity (Wildman–Crippen MR) is 90.5 cm³/mol. The van der Waals surface area contributed by atoms with Crippen molar-refractivity contribution in [2.24, 2.45) is 0 Å². The monoisotopic (exact) mass is 420 g/mol. The van der Waals surface area contributed by atoms with Crippen molar-refractivity contribution in [1.82, 2.24) is 10.0 Å². The van der Waals surface area contributed by atoms with Gasteiger partial charge >= 0.3 is 0 Å². The van der Waals surface area contributed by atoms with E-state index in [4.69, 9.17) is 0 Å². The number of aliphatic hydroxyl groups excluding tert-OH is 1. The van der Waals surface area contributed by atoms with Crippen LogP contribution in [0, 0.1) is 23.3 Å². The average molecular weight is 420 g/mol. The van der Waals surface area contributed by atoms with Crippen LogP contribution in [-0.2, 0) is 14.8 Å². The molecular weight excluding hydrogens is 404 g/mol. The largest absolute Gasteiger partial charge is 0.386 e. The number of carbonyl (C=O) groups is 1. The smallest absolute Gasteiger partial charge is 0.240 e. The lowest BCUT2D eigenvalue weighted by molar-refractivity contribution is -0.121. The summed E-state index contributed by atoms with van der Waals surface area (Å²) in [6.45, 7) is -0.731. The lowest BCUT2D eigenvalue weighted by Gasteiger charge is -2.13. The molecule has 0 aromatic heterocycles. The van der Waals surface area contributed by atoms with Crippen LogP contribution < -0.4 is 10.0 Å². The summed E-state index contributed by atoms with van der Waals surface area (Å²) in [5, 5.41) is 12.1. The summed E-state index contributed by atoms with van der Waals surface area (Å²) in [6, 6.07) is 4.62. The number of hydrogen-bond donors (Lipinski definition) is 3. The van der Waals surface area contributed by atoms with E-state index in [0.717, 1.165) is 18.2 Å². The third-order valence-corrected chi connectivity index (χ3v) is 5.12. The summed E-state index contributed by atoms with van der Waals surface area (Å²) in [7, 11) is -4.15. The Kier molecular flexibility index (Phi) is 7.11. The molecule has 0 spiro atoms. The number of nitrogens with one attached hydrogen (secondary N) is 2. The van der Waals surface area contributed by atoms with E-state index in [1.54, 1.807) is 0 Å². The first-order valence-corrected chi connectivity index (χ1v) is 9.43. The molecule has 2 rings (SSSR count). The number of sulfonamides is 1. The Morgan fingerprint density at radius 1 is 1.00 bits per heavy atom. The molecule has 2 aromatic rings. The molecular formula is C17H16F4N2O4S. The molecule has 0 radical (unpaired) electrons. The Bertz CT molecular complexity index is 970. The first-order valence-electron chi connectivity index (χ1n) is 7.94. The van der Waals surface area contributed by atoms with Gasteiger partial charge in [-0.15, -0.1) is 0 Å². The van der Waals surface area contributed by atoms with E-state index in [2.05, 4.69) is 5.32 Å². The van der Waals surface area contributed by atoms with E-state index in [0.29, 0.717) is 18.2 Å². The Morgan fingerprint density at radius 3 is 2.36 bits per heavy atom. The average Bonchev–Trinajstić information content (AvgIpc) is 2.61. The maximum atomic E-state index is 13.5. The molecule has 2 aromatic carbocycles. The zero-order chi connectivity index (χ0) is 20.9. The van der Waals surface area contributed by atoms with Gasteiger partial charge in [-0.1, -0.05) is 6.07 Å². The van der Waals surface area contributed by atoms with Crippen LogP contribution in [0.1, 0.15) is 18.1 Å². The van der Waals surface area contributed by atoms with Crippen molar-refractivity contribution in [2.45, 2.75) is 17.4 Å². The molecule has 1 atom stereocenters. The molecule has 11 heteroatoms. The maximum absolute atomic E-state index is 13.5. The number of hydrogen-bond acceptors (Lipinski definition) is 4. The molecule has 28 heavy (non-hydrogen) atoms. The predicted octanol–water partition coefficient (Wildman–Crippen LogP) is 1.76. The van der Waals surface area contributed by atoms with Crippen molar-refractivity contribution in [2.75, 3.05) is 13.1 Å². The quantitative estimate of drug-likeness (QED) is 0.567. The highest BCUT2D eigenvalue weighted by molar-refractivity contribution is 7.89. The summed E-state index contributed by atoms with van der Waals surface area (Å²) >= 11 is 0. The minimum atomic E-state index is -4.15. The molecule has 0 fully saturated rings. The van der Waals surface area contributed by atoms with Crippen LogP contribution in [-0.4, -0.2) is 32.5 Å². The number of rotatable bonds is 8. The third-order valence-electron chi connectivity index (χ3n) is 3.66. The molecule has 0 bridgehead atoms. The van der Waals surface area contributed by atoms with Crippen LogP contribution in [0.3, 0.4) is 0 Å². The van der Waals surface area contributed by atoms with Gasteiger partial charge in [0.1, 0.15) is 11.6 Å². The minimum absolute atomic E-state index is 0.208. The maximum Gasteiger partial charge on any atom is 0.240 e. The molecule has 6 nitrogen and oxygen atoms in total. The van der Waals surface area contributed by atoms with Crippen molar-refractivity contribution in [3.05, 3.63) is 65.2 Å². The van der Waals surface area contributed by atoms with Gasteiger partial charge in [0.25, 0.3) is 0 Å². The Labute approximate surface area is 158 Å². The van der Waals surface area contributed by atoms with E-state index < -0.39 is 50.2 Å². The second kappa shape index (κ2) is 9.13. The summed E-state index contributed by atoms with van der Waals surface area (Å²) < 4.78 is 78.3. The van der Waals surface area contributed by atoms with Gasteiger partial charge in [-0.3, -0.25) is 4.79 Å². The topological polar surface area (TPSA) is 95.5 Å². The van der Waals surface area contributed by atoms with Gasteiger partial charge in [0.2, 0.25) is 15.9 Å². The number of carbonyl (C=O) groups excluding carboxylic acids is 1. The van der Waals surface area contributed by atoms with Crippen LogP contribution in [0.4, 0.5) is 17.6 Å².